The van der Waals surface area contributed by atoms with Crippen molar-refractivity contribution in [3.05, 3.63) is 0 Å². The standard InChI is InChI=1S/C11H21N3O5S/c12-20(18,19)6-2-5-13-11(17)14-7-8-3-1-4-9(8)10(15)16/h8-9H,1-7H2,(H,15,16)(H2,12,18,19)(H2,13,14,17). The van der Waals surface area contributed by atoms with Gasteiger partial charge in [0.1, 0.15) is 0 Å². The van der Waals surface area contributed by atoms with E-state index in [1.807, 2.05) is 0 Å². The molecule has 20 heavy (non-hydrogen) atoms. The van der Waals surface area contributed by atoms with Crippen molar-refractivity contribution >= 4 is 22.0 Å². The van der Waals surface area contributed by atoms with Gasteiger partial charge in [-0.1, -0.05) is 6.42 Å². The minimum Gasteiger partial charge on any atom is -0.481 e. The highest BCUT2D eigenvalue weighted by Gasteiger charge is 2.32. The van der Waals surface area contributed by atoms with Gasteiger partial charge in [0, 0.05) is 13.1 Å². The zero-order valence-electron chi connectivity index (χ0n) is 11.2. The number of urea groups is 1. The molecule has 0 bridgehead atoms. The molecule has 0 aromatic heterocycles. The van der Waals surface area contributed by atoms with Crippen LogP contribution in [0.25, 0.3) is 0 Å². The summed E-state index contributed by atoms with van der Waals surface area (Å²) in [5.74, 6) is -1.43. The van der Waals surface area contributed by atoms with Crippen molar-refractivity contribution < 1.29 is 23.1 Å². The van der Waals surface area contributed by atoms with E-state index in [2.05, 4.69) is 10.6 Å². The Kier molecular flexibility index (Phi) is 6.21. The SMILES string of the molecule is NS(=O)(=O)CCCNC(=O)NCC1CCCC1C(=O)O. The van der Waals surface area contributed by atoms with Crippen LogP contribution >= 0.6 is 0 Å². The van der Waals surface area contributed by atoms with Crippen molar-refractivity contribution in [3.63, 3.8) is 0 Å². The Balaban J connectivity index is 2.18. The minimum absolute atomic E-state index is 0.0392. The highest BCUT2D eigenvalue weighted by molar-refractivity contribution is 7.89. The minimum atomic E-state index is -3.50. The van der Waals surface area contributed by atoms with Crippen molar-refractivity contribution in [2.24, 2.45) is 17.0 Å². The van der Waals surface area contributed by atoms with Crippen LogP contribution in [0.5, 0.6) is 0 Å². The van der Waals surface area contributed by atoms with Gasteiger partial charge in [-0.3, -0.25) is 4.79 Å². The zero-order valence-corrected chi connectivity index (χ0v) is 12.0. The molecule has 1 saturated carbocycles. The van der Waals surface area contributed by atoms with Crippen LogP contribution in [0.4, 0.5) is 4.79 Å². The van der Waals surface area contributed by atoms with Crippen LogP contribution in [0, 0.1) is 11.8 Å². The largest absolute Gasteiger partial charge is 0.481 e. The van der Waals surface area contributed by atoms with Crippen molar-refractivity contribution in [1.29, 1.82) is 0 Å². The van der Waals surface area contributed by atoms with Crippen LogP contribution in [0.1, 0.15) is 25.7 Å². The van der Waals surface area contributed by atoms with Crippen LogP contribution < -0.4 is 15.8 Å². The number of hydrogen-bond acceptors (Lipinski definition) is 4. The van der Waals surface area contributed by atoms with Crippen LogP contribution in [-0.2, 0) is 14.8 Å². The summed E-state index contributed by atoms with van der Waals surface area (Å²) >= 11 is 0. The second kappa shape index (κ2) is 7.44. The average Bonchev–Trinajstić information content (AvgIpc) is 2.79. The van der Waals surface area contributed by atoms with Gasteiger partial charge in [-0.2, -0.15) is 0 Å². The van der Waals surface area contributed by atoms with Gasteiger partial charge in [-0.15, -0.1) is 0 Å². The first-order chi connectivity index (χ1) is 9.29. The van der Waals surface area contributed by atoms with E-state index in [0.717, 1.165) is 12.8 Å². The van der Waals surface area contributed by atoms with Gasteiger partial charge in [0.25, 0.3) is 0 Å². The lowest BCUT2D eigenvalue weighted by atomic mass is 9.96. The molecule has 0 saturated heterocycles. The second-order valence-corrected chi connectivity index (χ2v) is 6.73. The molecule has 1 rings (SSSR count). The number of aliphatic carboxylic acids is 1. The first-order valence-corrected chi connectivity index (χ1v) is 8.26. The Bertz CT molecular complexity index is 451. The normalized spacial score (nSPS) is 22.4. The first-order valence-electron chi connectivity index (χ1n) is 6.54. The molecular weight excluding hydrogens is 286 g/mol. The van der Waals surface area contributed by atoms with Crippen molar-refractivity contribution in [3.8, 4) is 0 Å². The summed E-state index contributed by atoms with van der Waals surface area (Å²) < 4.78 is 21.3. The lowest BCUT2D eigenvalue weighted by molar-refractivity contribution is -0.142. The molecule has 0 aliphatic heterocycles. The Labute approximate surface area is 118 Å². The molecule has 8 nitrogen and oxygen atoms in total. The Morgan fingerprint density at radius 3 is 2.55 bits per heavy atom. The first kappa shape index (κ1) is 16.7. The monoisotopic (exact) mass is 307 g/mol. The number of carbonyl (C=O) groups excluding carboxylic acids is 1. The molecule has 0 radical (unpaired) electrons. The number of carboxylic acids is 1. The number of hydrogen-bond donors (Lipinski definition) is 4. The maximum absolute atomic E-state index is 11.5. The molecule has 2 unspecified atom stereocenters. The maximum atomic E-state index is 11.5. The molecule has 0 aromatic carbocycles. The molecular formula is C11H21N3O5S. The predicted molar refractivity (Wildman–Crippen MR) is 72.5 cm³/mol. The van der Waals surface area contributed by atoms with E-state index in [1.165, 1.54) is 0 Å². The summed E-state index contributed by atoms with van der Waals surface area (Å²) in [6.45, 7) is 0.521. The van der Waals surface area contributed by atoms with Crippen LogP contribution in [0.3, 0.4) is 0 Å². The van der Waals surface area contributed by atoms with Crippen LogP contribution in [0.2, 0.25) is 0 Å². The number of primary sulfonamides is 1. The third-order valence-electron chi connectivity index (χ3n) is 3.39. The van der Waals surface area contributed by atoms with E-state index in [0.29, 0.717) is 13.0 Å². The Morgan fingerprint density at radius 2 is 1.95 bits per heavy atom. The van der Waals surface area contributed by atoms with E-state index in [1.54, 1.807) is 0 Å². The number of nitrogens with two attached hydrogens (primary N) is 1. The van der Waals surface area contributed by atoms with Gasteiger partial charge >= 0.3 is 12.0 Å². The topological polar surface area (TPSA) is 139 Å². The number of carbonyl (C=O) groups is 2. The molecule has 0 aromatic rings. The average molecular weight is 307 g/mol. The third kappa shape index (κ3) is 6.20. The fraction of sp³-hybridized carbons (Fsp3) is 0.818. The van der Waals surface area contributed by atoms with E-state index >= 15 is 0 Å². The molecule has 116 valence electrons. The van der Waals surface area contributed by atoms with Gasteiger partial charge in [-0.05, 0) is 25.2 Å². The van der Waals surface area contributed by atoms with Gasteiger partial charge in [0.05, 0.1) is 11.7 Å². The highest BCUT2D eigenvalue weighted by atomic mass is 32.2. The molecule has 1 aliphatic rings. The van der Waals surface area contributed by atoms with Gasteiger partial charge < -0.3 is 15.7 Å². The smallest absolute Gasteiger partial charge is 0.314 e. The summed E-state index contributed by atoms with van der Waals surface area (Å²) in [6.07, 6.45) is 2.55. The quantitative estimate of drug-likeness (QED) is 0.468. The van der Waals surface area contributed by atoms with Crippen molar-refractivity contribution in [2.45, 2.75) is 25.7 Å². The van der Waals surface area contributed by atoms with E-state index in [4.69, 9.17) is 10.2 Å². The predicted octanol–water partition coefficient (Wildman–Crippen LogP) is -0.535. The molecule has 0 heterocycles. The van der Waals surface area contributed by atoms with Crippen molar-refractivity contribution in [2.75, 3.05) is 18.8 Å². The summed E-state index contributed by atoms with van der Waals surface area (Å²) in [5.41, 5.74) is 0. The molecule has 2 atom stereocenters. The van der Waals surface area contributed by atoms with Crippen molar-refractivity contribution in [1.82, 2.24) is 10.6 Å². The Hall–Kier alpha value is -1.35. The van der Waals surface area contributed by atoms with Crippen LogP contribution in [0.15, 0.2) is 0 Å². The van der Waals surface area contributed by atoms with Gasteiger partial charge in [-0.25, -0.2) is 18.4 Å². The molecule has 1 fully saturated rings. The third-order valence-corrected chi connectivity index (χ3v) is 4.25. The molecule has 9 heteroatoms. The number of carboxylic acid groups (broad SMARTS) is 1. The number of sulfonamides is 1. The molecule has 1 aliphatic carbocycles. The number of amides is 2. The summed E-state index contributed by atoms with van der Waals surface area (Å²) in [4.78, 5) is 22.4. The second-order valence-electron chi connectivity index (χ2n) is 4.99. The maximum Gasteiger partial charge on any atom is 0.314 e. The summed E-state index contributed by atoms with van der Waals surface area (Å²) in [6, 6.07) is -0.421. The highest BCUT2D eigenvalue weighted by Crippen LogP contribution is 2.31. The summed E-state index contributed by atoms with van der Waals surface area (Å²) in [7, 11) is -3.50. The van der Waals surface area contributed by atoms with Crippen LogP contribution in [-0.4, -0.2) is 44.4 Å². The number of nitrogens with one attached hydrogen (secondary N) is 2. The lowest BCUT2D eigenvalue weighted by Crippen LogP contribution is -2.40. The van der Waals surface area contributed by atoms with Gasteiger partial charge in [0.15, 0.2) is 0 Å². The van der Waals surface area contributed by atoms with E-state index in [9.17, 15) is 18.0 Å². The Morgan fingerprint density at radius 1 is 1.25 bits per heavy atom. The molecule has 2 amide bonds. The fourth-order valence-corrected chi connectivity index (χ4v) is 2.91. The zero-order chi connectivity index (χ0) is 15.2. The van der Waals surface area contributed by atoms with E-state index in [-0.39, 0.29) is 24.6 Å². The fourth-order valence-electron chi connectivity index (χ4n) is 2.37. The molecule has 5 N–H and O–H groups in total. The van der Waals surface area contributed by atoms with Gasteiger partial charge in [0.2, 0.25) is 10.0 Å². The number of rotatable bonds is 7. The molecule has 0 spiro atoms. The summed E-state index contributed by atoms with van der Waals surface area (Å²) in [5, 5.41) is 18.9. The lowest BCUT2D eigenvalue weighted by Gasteiger charge is -2.16. The van der Waals surface area contributed by atoms with E-state index < -0.39 is 27.9 Å².